The maximum atomic E-state index is 12.2. The first-order chi connectivity index (χ1) is 10.5. The summed E-state index contributed by atoms with van der Waals surface area (Å²) in [5.74, 6) is 1.38. The molecule has 1 aromatic carbocycles. The molecule has 0 saturated carbocycles. The second kappa shape index (κ2) is 7.41. The highest BCUT2D eigenvalue weighted by Crippen LogP contribution is 2.22. The fourth-order valence-electron chi connectivity index (χ4n) is 2.11. The van der Waals surface area contributed by atoms with Crippen LogP contribution in [0.1, 0.15) is 39.5 Å². The third-order valence-electron chi connectivity index (χ3n) is 3.18. The van der Waals surface area contributed by atoms with Crippen LogP contribution in [0.25, 0.3) is 6.08 Å². The zero-order chi connectivity index (χ0) is 16.1. The Labute approximate surface area is 136 Å². The number of rotatable bonds is 6. The monoisotopic (exact) mass is 314 g/mol. The number of benzene rings is 1. The van der Waals surface area contributed by atoms with Crippen LogP contribution in [-0.4, -0.2) is 12.4 Å². The Morgan fingerprint density at radius 3 is 2.68 bits per heavy atom. The summed E-state index contributed by atoms with van der Waals surface area (Å²) in [6, 6.07) is 9.76. The smallest absolute Gasteiger partial charge is 0.186 e. The maximum Gasteiger partial charge on any atom is 0.186 e. The van der Waals surface area contributed by atoms with Gasteiger partial charge in [-0.15, -0.1) is 11.3 Å². The van der Waals surface area contributed by atoms with Gasteiger partial charge in [-0.1, -0.05) is 32.1 Å². The van der Waals surface area contributed by atoms with Gasteiger partial charge in [0.25, 0.3) is 0 Å². The number of thiophene rings is 1. The van der Waals surface area contributed by atoms with Gasteiger partial charge >= 0.3 is 0 Å². The average Bonchev–Trinajstić information content (AvgIpc) is 2.82. The molecule has 0 N–H and O–H groups in total. The number of hydrogen-bond acceptors (Lipinski definition) is 3. The molecule has 3 heteroatoms. The molecular formula is C19H22O2S. The molecule has 0 amide bonds. The first-order valence-corrected chi connectivity index (χ1v) is 8.29. The lowest BCUT2D eigenvalue weighted by Crippen LogP contribution is -2.04. The minimum absolute atomic E-state index is 0.0513. The molecule has 22 heavy (non-hydrogen) atoms. The van der Waals surface area contributed by atoms with Crippen molar-refractivity contribution < 1.29 is 9.53 Å². The molecular weight excluding hydrogens is 292 g/mol. The molecule has 0 unspecified atom stereocenters. The van der Waals surface area contributed by atoms with Gasteiger partial charge in [-0.3, -0.25) is 4.79 Å². The van der Waals surface area contributed by atoms with Gasteiger partial charge in [-0.25, -0.2) is 0 Å². The summed E-state index contributed by atoms with van der Waals surface area (Å²) in [4.78, 5) is 14.5. The van der Waals surface area contributed by atoms with Crippen LogP contribution >= 0.6 is 11.3 Å². The highest BCUT2D eigenvalue weighted by Gasteiger charge is 2.08. The van der Waals surface area contributed by atoms with E-state index in [2.05, 4.69) is 13.8 Å². The molecule has 116 valence electrons. The summed E-state index contributed by atoms with van der Waals surface area (Å²) in [6.45, 7) is 8.94. The van der Waals surface area contributed by atoms with Crippen molar-refractivity contribution in [2.45, 2.75) is 27.7 Å². The predicted molar refractivity (Wildman–Crippen MR) is 93.9 cm³/mol. The Balaban J connectivity index is 2.08. The van der Waals surface area contributed by atoms with Gasteiger partial charge in [0, 0.05) is 15.3 Å². The van der Waals surface area contributed by atoms with Crippen LogP contribution in [-0.2, 0) is 0 Å². The Morgan fingerprint density at radius 2 is 2.05 bits per heavy atom. The fourth-order valence-corrected chi connectivity index (χ4v) is 3.04. The van der Waals surface area contributed by atoms with Crippen LogP contribution in [0.5, 0.6) is 5.75 Å². The molecule has 2 aromatic rings. The van der Waals surface area contributed by atoms with Gasteiger partial charge in [0.2, 0.25) is 0 Å². The summed E-state index contributed by atoms with van der Waals surface area (Å²) in [7, 11) is 0. The standard InChI is InChI=1S/C19H22O2S/c1-13(2)12-21-17-7-5-6-16(11-17)8-9-19(20)18-10-14(3)22-15(18)4/h5-11,13H,12H2,1-4H3/b9-8+. The molecule has 0 aliphatic heterocycles. The van der Waals surface area contributed by atoms with Crippen molar-refractivity contribution in [3.8, 4) is 5.75 Å². The molecule has 0 bridgehead atoms. The summed E-state index contributed by atoms with van der Waals surface area (Å²) in [5.41, 5.74) is 1.77. The topological polar surface area (TPSA) is 26.3 Å². The minimum atomic E-state index is 0.0513. The highest BCUT2D eigenvalue weighted by atomic mass is 32.1. The first-order valence-electron chi connectivity index (χ1n) is 7.48. The maximum absolute atomic E-state index is 12.2. The zero-order valence-electron chi connectivity index (χ0n) is 13.6. The van der Waals surface area contributed by atoms with Crippen molar-refractivity contribution in [2.75, 3.05) is 6.61 Å². The molecule has 0 saturated heterocycles. The Hall–Kier alpha value is -1.87. The quantitative estimate of drug-likeness (QED) is 0.534. The number of allylic oxidation sites excluding steroid dienone is 1. The summed E-state index contributed by atoms with van der Waals surface area (Å²) in [5, 5.41) is 0. The van der Waals surface area contributed by atoms with Crippen LogP contribution in [0, 0.1) is 19.8 Å². The van der Waals surface area contributed by atoms with E-state index in [1.165, 1.54) is 4.88 Å². The summed E-state index contributed by atoms with van der Waals surface area (Å²) < 4.78 is 5.70. The Morgan fingerprint density at radius 1 is 1.27 bits per heavy atom. The van der Waals surface area contributed by atoms with Crippen LogP contribution < -0.4 is 4.74 Å². The van der Waals surface area contributed by atoms with E-state index in [9.17, 15) is 4.79 Å². The fraction of sp³-hybridized carbons (Fsp3) is 0.316. The molecule has 0 fully saturated rings. The van der Waals surface area contributed by atoms with Crippen LogP contribution in [0.15, 0.2) is 36.4 Å². The van der Waals surface area contributed by atoms with Crippen LogP contribution in [0.3, 0.4) is 0 Å². The van der Waals surface area contributed by atoms with E-state index in [1.807, 2.05) is 50.3 Å². The van der Waals surface area contributed by atoms with Gasteiger partial charge in [0.05, 0.1) is 6.61 Å². The third kappa shape index (κ3) is 4.57. The Kier molecular flexibility index (Phi) is 5.56. The molecule has 0 atom stereocenters. The zero-order valence-corrected chi connectivity index (χ0v) is 14.4. The van der Waals surface area contributed by atoms with Crippen LogP contribution in [0.2, 0.25) is 0 Å². The molecule has 0 spiro atoms. The average molecular weight is 314 g/mol. The summed E-state index contributed by atoms with van der Waals surface area (Å²) in [6.07, 6.45) is 3.48. The van der Waals surface area contributed by atoms with E-state index >= 15 is 0 Å². The van der Waals surface area contributed by atoms with E-state index in [-0.39, 0.29) is 5.78 Å². The van der Waals surface area contributed by atoms with E-state index in [0.717, 1.165) is 21.8 Å². The first kappa shape index (κ1) is 16.5. The van der Waals surface area contributed by atoms with Crippen molar-refractivity contribution in [3.63, 3.8) is 0 Å². The van der Waals surface area contributed by atoms with E-state index in [0.29, 0.717) is 12.5 Å². The molecule has 1 aromatic heterocycles. The number of ketones is 1. The number of aryl methyl sites for hydroxylation is 2. The minimum Gasteiger partial charge on any atom is -0.493 e. The molecule has 0 aliphatic carbocycles. The SMILES string of the molecule is Cc1cc(C(=O)/C=C/c2cccc(OCC(C)C)c2)c(C)s1. The van der Waals surface area contributed by atoms with E-state index < -0.39 is 0 Å². The van der Waals surface area contributed by atoms with Crippen molar-refractivity contribution in [1.82, 2.24) is 0 Å². The van der Waals surface area contributed by atoms with Crippen molar-refractivity contribution >= 4 is 23.2 Å². The number of ether oxygens (including phenoxy) is 1. The van der Waals surface area contributed by atoms with E-state index in [1.54, 1.807) is 17.4 Å². The normalized spacial score (nSPS) is 11.3. The lowest BCUT2D eigenvalue weighted by Gasteiger charge is -2.08. The third-order valence-corrected chi connectivity index (χ3v) is 4.14. The lowest BCUT2D eigenvalue weighted by molar-refractivity contribution is 0.104. The highest BCUT2D eigenvalue weighted by molar-refractivity contribution is 7.12. The predicted octanol–water partition coefficient (Wildman–Crippen LogP) is 5.30. The summed E-state index contributed by atoms with van der Waals surface area (Å²) >= 11 is 1.66. The lowest BCUT2D eigenvalue weighted by atomic mass is 10.1. The van der Waals surface area contributed by atoms with Gasteiger partial charge in [0.1, 0.15) is 5.75 Å². The second-order valence-corrected chi connectivity index (χ2v) is 7.26. The van der Waals surface area contributed by atoms with Gasteiger partial charge < -0.3 is 4.74 Å². The molecule has 0 radical (unpaired) electrons. The van der Waals surface area contributed by atoms with Gasteiger partial charge in [-0.05, 0) is 49.6 Å². The molecule has 0 aliphatic rings. The van der Waals surface area contributed by atoms with Crippen molar-refractivity contribution in [3.05, 3.63) is 57.3 Å². The number of hydrogen-bond donors (Lipinski definition) is 0. The van der Waals surface area contributed by atoms with Crippen molar-refractivity contribution in [2.24, 2.45) is 5.92 Å². The van der Waals surface area contributed by atoms with Gasteiger partial charge in [0.15, 0.2) is 5.78 Å². The Bertz CT molecular complexity index is 680. The largest absolute Gasteiger partial charge is 0.493 e. The number of carbonyl (C=O) groups is 1. The van der Waals surface area contributed by atoms with Gasteiger partial charge in [-0.2, -0.15) is 0 Å². The van der Waals surface area contributed by atoms with E-state index in [4.69, 9.17) is 4.74 Å². The van der Waals surface area contributed by atoms with Crippen molar-refractivity contribution in [1.29, 1.82) is 0 Å². The number of carbonyl (C=O) groups excluding carboxylic acids is 1. The molecule has 2 rings (SSSR count). The molecule has 2 nitrogen and oxygen atoms in total. The van der Waals surface area contributed by atoms with Crippen LogP contribution in [0.4, 0.5) is 0 Å². The second-order valence-electron chi connectivity index (χ2n) is 5.80. The molecule has 1 heterocycles.